The van der Waals surface area contributed by atoms with Crippen LogP contribution in [0.15, 0.2) is 34.7 Å². The highest BCUT2D eigenvalue weighted by atomic mass is 32.2. The number of aldehydes is 1. The monoisotopic (exact) mass is 414 g/mol. The summed E-state index contributed by atoms with van der Waals surface area (Å²) in [6.07, 6.45) is 5.31. The molecule has 1 amide bonds. The Bertz CT molecular complexity index is 863. The number of furan rings is 1. The fourth-order valence-corrected chi connectivity index (χ4v) is 5.38. The summed E-state index contributed by atoms with van der Waals surface area (Å²) in [5.41, 5.74) is 0.893. The largest absolute Gasteiger partial charge is 0.461 e. The Morgan fingerprint density at radius 3 is 2.97 bits per heavy atom. The molecule has 6 nitrogen and oxygen atoms in total. The van der Waals surface area contributed by atoms with Crippen molar-refractivity contribution in [2.45, 2.75) is 55.9 Å². The van der Waals surface area contributed by atoms with E-state index in [1.165, 1.54) is 11.8 Å². The molecule has 1 aromatic heterocycles. The summed E-state index contributed by atoms with van der Waals surface area (Å²) in [5, 5.41) is 3.90. The molecule has 0 spiro atoms. The van der Waals surface area contributed by atoms with Crippen molar-refractivity contribution >= 4 is 40.7 Å². The number of fused-ring (bicyclic) bond motifs is 1. The number of thioether (sulfide) groups is 1. The average Bonchev–Trinajstić information content (AvgIpc) is 3.48. The Balaban J connectivity index is 1.27. The maximum absolute atomic E-state index is 12.9. The molecule has 2 fully saturated rings. The van der Waals surface area contributed by atoms with Gasteiger partial charge in [-0.3, -0.25) is 14.9 Å². The van der Waals surface area contributed by atoms with Crippen molar-refractivity contribution in [2.24, 2.45) is 0 Å². The third kappa shape index (κ3) is 4.41. The van der Waals surface area contributed by atoms with Crippen LogP contribution in [0.1, 0.15) is 37.9 Å². The van der Waals surface area contributed by atoms with Crippen molar-refractivity contribution in [2.75, 3.05) is 12.4 Å². The Labute approximate surface area is 174 Å². The molecule has 29 heavy (non-hydrogen) atoms. The molecule has 2 aliphatic heterocycles. The second-order valence-electron chi connectivity index (χ2n) is 7.71. The molecule has 7 heteroatoms. The number of nitrogens with one attached hydrogen (secondary N) is 1. The SMILES string of the molecule is O=C[C@@H]1CCCN1C(=O)[C@H]1NCSC1C(=O)CCCCc1cc2ccccc2o1. The fourth-order valence-electron chi connectivity index (χ4n) is 4.21. The average molecular weight is 415 g/mol. The number of Topliss-reactive ketones (excluding diaryl/α,β-unsaturated/α-hetero) is 1. The van der Waals surface area contributed by atoms with Crippen LogP contribution in [0.2, 0.25) is 0 Å². The van der Waals surface area contributed by atoms with Crippen LogP contribution in [0, 0.1) is 0 Å². The van der Waals surface area contributed by atoms with Gasteiger partial charge in [0.25, 0.3) is 0 Å². The molecular formula is C22H26N2O4S. The number of hydrogen-bond donors (Lipinski definition) is 1. The third-order valence-corrected chi connectivity index (χ3v) is 6.99. The van der Waals surface area contributed by atoms with Crippen LogP contribution in [0.25, 0.3) is 11.0 Å². The van der Waals surface area contributed by atoms with Crippen molar-refractivity contribution in [1.29, 1.82) is 0 Å². The lowest BCUT2D eigenvalue weighted by Crippen LogP contribution is -2.51. The number of benzene rings is 1. The predicted molar refractivity (Wildman–Crippen MR) is 113 cm³/mol. The van der Waals surface area contributed by atoms with Crippen LogP contribution >= 0.6 is 11.8 Å². The van der Waals surface area contributed by atoms with Gasteiger partial charge < -0.3 is 14.1 Å². The zero-order valence-corrected chi connectivity index (χ0v) is 17.2. The first-order chi connectivity index (χ1) is 14.2. The molecule has 0 saturated carbocycles. The number of amides is 1. The van der Waals surface area contributed by atoms with Gasteiger partial charge in [-0.1, -0.05) is 18.2 Å². The molecule has 3 atom stereocenters. The summed E-state index contributed by atoms with van der Waals surface area (Å²) in [5.74, 6) is 1.54. The van der Waals surface area contributed by atoms with E-state index in [0.29, 0.717) is 18.8 Å². The Kier molecular flexibility index (Phi) is 6.35. The van der Waals surface area contributed by atoms with E-state index >= 15 is 0 Å². The van der Waals surface area contributed by atoms with Gasteiger partial charge in [0.1, 0.15) is 29.5 Å². The molecule has 154 valence electrons. The number of rotatable bonds is 8. The molecule has 2 aliphatic rings. The molecule has 2 saturated heterocycles. The minimum absolute atomic E-state index is 0.106. The first-order valence-corrected chi connectivity index (χ1v) is 11.3. The summed E-state index contributed by atoms with van der Waals surface area (Å²) in [6.45, 7) is 0.601. The van der Waals surface area contributed by atoms with Gasteiger partial charge in [-0.25, -0.2) is 0 Å². The Morgan fingerprint density at radius 1 is 1.28 bits per heavy atom. The second-order valence-corrected chi connectivity index (χ2v) is 8.84. The predicted octanol–water partition coefficient (Wildman–Crippen LogP) is 2.94. The van der Waals surface area contributed by atoms with Crippen molar-refractivity contribution in [3.05, 3.63) is 36.1 Å². The van der Waals surface area contributed by atoms with Crippen LogP contribution < -0.4 is 5.32 Å². The van der Waals surface area contributed by atoms with E-state index in [-0.39, 0.29) is 23.0 Å². The second kappa shape index (κ2) is 9.13. The number of nitrogens with zero attached hydrogens (tertiary/aromatic N) is 1. The van der Waals surface area contributed by atoms with E-state index < -0.39 is 6.04 Å². The van der Waals surface area contributed by atoms with Gasteiger partial charge in [0, 0.05) is 30.6 Å². The van der Waals surface area contributed by atoms with Crippen molar-refractivity contribution in [3.8, 4) is 0 Å². The molecule has 4 rings (SSSR count). The molecule has 3 heterocycles. The zero-order valence-electron chi connectivity index (χ0n) is 16.3. The lowest BCUT2D eigenvalue weighted by Gasteiger charge is -2.26. The van der Waals surface area contributed by atoms with E-state index in [4.69, 9.17) is 4.42 Å². The molecule has 1 unspecified atom stereocenters. The third-order valence-electron chi connectivity index (χ3n) is 5.76. The first kappa shape index (κ1) is 20.2. The van der Waals surface area contributed by atoms with E-state index in [0.717, 1.165) is 55.1 Å². The van der Waals surface area contributed by atoms with E-state index in [1.807, 2.05) is 24.3 Å². The number of hydrogen-bond acceptors (Lipinski definition) is 6. The van der Waals surface area contributed by atoms with Crippen LogP contribution in [0.3, 0.4) is 0 Å². The summed E-state index contributed by atoms with van der Waals surface area (Å²) in [6, 6.07) is 9.14. The lowest BCUT2D eigenvalue weighted by molar-refractivity contribution is -0.137. The maximum Gasteiger partial charge on any atom is 0.241 e. The van der Waals surface area contributed by atoms with Crippen molar-refractivity contribution < 1.29 is 18.8 Å². The van der Waals surface area contributed by atoms with Crippen LogP contribution in [0.4, 0.5) is 0 Å². The molecule has 0 aliphatic carbocycles. The summed E-state index contributed by atoms with van der Waals surface area (Å²) < 4.78 is 5.82. The molecule has 2 aromatic rings. The number of aryl methyl sites for hydroxylation is 1. The molecular weight excluding hydrogens is 388 g/mol. The number of likely N-dealkylation sites (tertiary alicyclic amines) is 1. The highest BCUT2D eigenvalue weighted by Gasteiger charge is 2.42. The van der Waals surface area contributed by atoms with E-state index in [9.17, 15) is 14.4 Å². The quantitative estimate of drug-likeness (QED) is 0.529. The van der Waals surface area contributed by atoms with E-state index in [2.05, 4.69) is 11.4 Å². The minimum Gasteiger partial charge on any atom is -0.461 e. The molecule has 0 radical (unpaired) electrons. The van der Waals surface area contributed by atoms with Crippen LogP contribution in [-0.2, 0) is 20.8 Å². The summed E-state index contributed by atoms with van der Waals surface area (Å²) >= 11 is 1.50. The number of ketones is 1. The minimum atomic E-state index is -0.511. The Morgan fingerprint density at radius 2 is 2.14 bits per heavy atom. The number of unbranched alkanes of at least 4 members (excludes halogenated alkanes) is 1. The lowest BCUT2D eigenvalue weighted by atomic mass is 10.0. The smallest absolute Gasteiger partial charge is 0.241 e. The number of carbonyl (C=O) groups excluding carboxylic acids is 3. The van der Waals surface area contributed by atoms with Gasteiger partial charge in [-0.05, 0) is 37.8 Å². The highest BCUT2D eigenvalue weighted by molar-refractivity contribution is 8.00. The zero-order chi connectivity index (χ0) is 20.2. The molecule has 1 N–H and O–H groups in total. The molecule has 0 bridgehead atoms. The van der Waals surface area contributed by atoms with Gasteiger partial charge in [0.2, 0.25) is 5.91 Å². The van der Waals surface area contributed by atoms with Crippen molar-refractivity contribution in [1.82, 2.24) is 10.2 Å². The first-order valence-electron chi connectivity index (χ1n) is 10.3. The van der Waals surface area contributed by atoms with Gasteiger partial charge in [0.15, 0.2) is 0 Å². The topological polar surface area (TPSA) is 79.6 Å². The fraction of sp³-hybridized carbons (Fsp3) is 0.500. The van der Waals surface area contributed by atoms with Gasteiger partial charge >= 0.3 is 0 Å². The van der Waals surface area contributed by atoms with Crippen LogP contribution in [0.5, 0.6) is 0 Å². The Hall–Kier alpha value is -2.12. The standard InChI is InChI=1S/C22H26N2O4S/c25-13-16-7-5-11-24(16)22(27)20-21(29-14-23-20)18(26)9-3-2-8-17-12-15-6-1-4-10-19(15)28-17/h1,4,6,10,12-13,16,20-21,23H,2-3,5,7-9,11,14H2/t16-,20-,21?/m0/s1. The van der Waals surface area contributed by atoms with E-state index in [1.54, 1.807) is 4.90 Å². The van der Waals surface area contributed by atoms with Crippen molar-refractivity contribution in [3.63, 3.8) is 0 Å². The maximum atomic E-state index is 12.9. The van der Waals surface area contributed by atoms with Gasteiger partial charge in [0.05, 0.1) is 11.3 Å². The summed E-state index contributed by atoms with van der Waals surface area (Å²) in [7, 11) is 0. The number of para-hydroxylation sites is 1. The highest BCUT2D eigenvalue weighted by Crippen LogP contribution is 2.28. The molecule has 1 aromatic carbocycles. The van der Waals surface area contributed by atoms with Crippen LogP contribution in [-0.4, -0.2) is 52.6 Å². The normalized spacial score (nSPS) is 24.3. The number of carbonyl (C=O) groups is 3. The van der Waals surface area contributed by atoms with Gasteiger partial charge in [-0.15, -0.1) is 11.8 Å². The van der Waals surface area contributed by atoms with Gasteiger partial charge in [-0.2, -0.15) is 0 Å². The summed E-state index contributed by atoms with van der Waals surface area (Å²) in [4.78, 5) is 38.5.